The van der Waals surface area contributed by atoms with Gasteiger partial charge in [0.25, 0.3) is 5.91 Å². The monoisotopic (exact) mass is 559 g/mol. The van der Waals surface area contributed by atoms with E-state index in [4.69, 9.17) is 9.57 Å². The minimum Gasteiger partial charge on any atom is -0.447 e. The summed E-state index contributed by atoms with van der Waals surface area (Å²) in [6, 6.07) is 17.3. The van der Waals surface area contributed by atoms with E-state index in [-0.39, 0.29) is 24.1 Å². The van der Waals surface area contributed by atoms with E-state index in [0.29, 0.717) is 25.3 Å². The van der Waals surface area contributed by atoms with Crippen molar-refractivity contribution in [1.29, 1.82) is 0 Å². The molecule has 1 aliphatic rings. The van der Waals surface area contributed by atoms with Gasteiger partial charge >= 0.3 is 6.09 Å². The zero-order valence-electron chi connectivity index (χ0n) is 22.9. The molecule has 2 amide bonds. The van der Waals surface area contributed by atoms with Gasteiger partial charge in [0.05, 0.1) is 22.9 Å². The van der Waals surface area contributed by atoms with Crippen LogP contribution in [-0.4, -0.2) is 59.2 Å². The Hall–Kier alpha value is -4.02. The number of amides is 2. The van der Waals surface area contributed by atoms with Crippen molar-refractivity contribution in [3.63, 3.8) is 0 Å². The van der Waals surface area contributed by atoms with Crippen LogP contribution in [0.4, 0.5) is 10.6 Å². The third kappa shape index (κ3) is 6.24. The molecule has 10 heteroatoms. The number of hydrogen-bond donors (Lipinski definition) is 1. The Bertz CT molecular complexity index is 1450. The summed E-state index contributed by atoms with van der Waals surface area (Å²) in [7, 11) is 2.06. The van der Waals surface area contributed by atoms with E-state index in [1.807, 2.05) is 56.3 Å². The summed E-state index contributed by atoms with van der Waals surface area (Å²) in [6.45, 7) is 5.33. The van der Waals surface area contributed by atoms with Crippen LogP contribution in [0.15, 0.2) is 66.3 Å². The lowest BCUT2D eigenvalue weighted by molar-refractivity contribution is 0.0233. The van der Waals surface area contributed by atoms with Gasteiger partial charge in [-0.05, 0) is 49.9 Å². The molecule has 0 spiro atoms. The van der Waals surface area contributed by atoms with Gasteiger partial charge in [0.1, 0.15) is 12.1 Å². The first-order valence-electron chi connectivity index (χ1n) is 13.4. The molecule has 5 rings (SSSR count). The number of aromatic nitrogens is 2. The van der Waals surface area contributed by atoms with Crippen LogP contribution in [0.25, 0.3) is 21.3 Å². The highest BCUT2D eigenvalue weighted by Gasteiger charge is 2.28. The Morgan fingerprint density at radius 2 is 1.80 bits per heavy atom. The molecule has 1 saturated heterocycles. The van der Waals surface area contributed by atoms with E-state index >= 15 is 0 Å². The lowest BCUT2D eigenvalue weighted by Crippen LogP contribution is -2.46. The maximum Gasteiger partial charge on any atom is 0.410 e. The highest BCUT2D eigenvalue weighted by Crippen LogP contribution is 2.37. The Balaban J connectivity index is 1.24. The fourth-order valence-electron chi connectivity index (χ4n) is 4.80. The molecule has 9 nitrogen and oxygen atoms in total. The molecule has 0 bridgehead atoms. The van der Waals surface area contributed by atoms with Crippen molar-refractivity contribution in [2.45, 2.75) is 45.4 Å². The number of carbonyl (C=O) groups excluding carboxylic acids is 2. The lowest BCUT2D eigenvalue weighted by atomic mass is 10.0. The molecule has 2 aromatic heterocycles. The number of hydroxylamine groups is 1. The van der Waals surface area contributed by atoms with Gasteiger partial charge in [0.2, 0.25) is 0 Å². The molecule has 1 fully saturated rings. The minimum absolute atomic E-state index is 0.123. The quantitative estimate of drug-likeness (QED) is 0.278. The molecular formula is C30H33N5O4S. The van der Waals surface area contributed by atoms with Gasteiger partial charge in [-0.15, -0.1) is 11.3 Å². The minimum atomic E-state index is -0.299. The maximum absolute atomic E-state index is 12.5. The number of benzene rings is 2. The summed E-state index contributed by atoms with van der Waals surface area (Å²) < 4.78 is 6.36. The molecule has 0 radical (unpaired) electrons. The number of ether oxygens (including phenoxy) is 1. The summed E-state index contributed by atoms with van der Waals surface area (Å²) >= 11 is 1.61. The van der Waals surface area contributed by atoms with Crippen LogP contribution in [0.3, 0.4) is 0 Å². The number of fused-ring (bicyclic) bond motifs is 1. The third-order valence-electron chi connectivity index (χ3n) is 6.98. The molecule has 3 heterocycles. The van der Waals surface area contributed by atoms with Gasteiger partial charge in [0, 0.05) is 42.7 Å². The van der Waals surface area contributed by atoms with E-state index in [9.17, 15) is 9.59 Å². The highest BCUT2D eigenvalue weighted by molar-refractivity contribution is 7.18. The van der Waals surface area contributed by atoms with Crippen LogP contribution in [0.1, 0.15) is 42.6 Å². The average molecular weight is 560 g/mol. The molecule has 4 aromatic rings. The Kier molecular flexibility index (Phi) is 8.57. The zero-order valence-corrected chi connectivity index (χ0v) is 23.7. The van der Waals surface area contributed by atoms with Crippen LogP contribution in [0, 0.1) is 0 Å². The van der Waals surface area contributed by atoms with Gasteiger partial charge in [0.15, 0.2) is 0 Å². The summed E-state index contributed by atoms with van der Waals surface area (Å²) in [5.74, 6) is 0.587. The summed E-state index contributed by atoms with van der Waals surface area (Å²) in [5.41, 5.74) is 6.84. The summed E-state index contributed by atoms with van der Waals surface area (Å²) in [5, 5.41) is 2.08. The molecule has 208 valence electrons. The van der Waals surface area contributed by atoms with Gasteiger partial charge in [-0.2, -0.15) is 0 Å². The molecular weight excluding hydrogens is 526 g/mol. The number of likely N-dealkylation sites (tertiary alicyclic amines) is 1. The SMILES string of the molecule is CC(C)OC(=O)N1CCC(N(C)c2ncnc3c(-c4ccc(C(=O)NOCc5ccccc5)cc4)csc23)CC1. The Labute approximate surface area is 237 Å². The number of rotatable bonds is 8. The number of anilines is 1. The second-order valence-corrected chi connectivity index (χ2v) is 10.9. The van der Waals surface area contributed by atoms with E-state index in [0.717, 1.165) is 45.6 Å². The second-order valence-electron chi connectivity index (χ2n) is 10.1. The number of piperidine rings is 1. The van der Waals surface area contributed by atoms with Crippen molar-refractivity contribution in [2.24, 2.45) is 0 Å². The van der Waals surface area contributed by atoms with E-state index in [2.05, 4.69) is 32.8 Å². The first-order chi connectivity index (χ1) is 19.4. The molecule has 0 unspecified atom stereocenters. The number of nitrogens with one attached hydrogen (secondary N) is 1. The van der Waals surface area contributed by atoms with Gasteiger partial charge in [-0.25, -0.2) is 20.2 Å². The molecule has 1 N–H and O–H groups in total. The molecule has 2 aromatic carbocycles. The lowest BCUT2D eigenvalue weighted by Gasteiger charge is -2.37. The first kappa shape index (κ1) is 27.5. The zero-order chi connectivity index (χ0) is 28.1. The topological polar surface area (TPSA) is 96.9 Å². The predicted octanol–water partition coefficient (Wildman–Crippen LogP) is 5.67. The van der Waals surface area contributed by atoms with Gasteiger partial charge < -0.3 is 14.5 Å². The number of thiophene rings is 1. The maximum atomic E-state index is 12.5. The molecule has 0 aliphatic carbocycles. The molecule has 0 saturated carbocycles. The van der Waals surface area contributed by atoms with Crippen LogP contribution >= 0.6 is 11.3 Å². The van der Waals surface area contributed by atoms with Gasteiger partial charge in [-0.1, -0.05) is 42.5 Å². The largest absolute Gasteiger partial charge is 0.447 e. The normalized spacial score (nSPS) is 13.9. The van der Waals surface area contributed by atoms with Crippen LogP contribution in [0.5, 0.6) is 0 Å². The van der Waals surface area contributed by atoms with E-state index in [1.165, 1.54) is 0 Å². The van der Waals surface area contributed by atoms with Crippen molar-refractivity contribution in [3.05, 3.63) is 77.4 Å². The Morgan fingerprint density at radius 1 is 1.07 bits per heavy atom. The first-order valence-corrected chi connectivity index (χ1v) is 14.3. The summed E-state index contributed by atoms with van der Waals surface area (Å²) in [4.78, 5) is 43.4. The van der Waals surface area contributed by atoms with Crippen LogP contribution < -0.4 is 10.4 Å². The fourth-order valence-corrected chi connectivity index (χ4v) is 5.86. The van der Waals surface area contributed by atoms with Crippen molar-refractivity contribution >= 4 is 39.4 Å². The second kappa shape index (κ2) is 12.4. The fraction of sp³-hybridized carbons (Fsp3) is 0.333. The molecule has 0 atom stereocenters. The van der Waals surface area contributed by atoms with Crippen LogP contribution in [-0.2, 0) is 16.2 Å². The number of hydrogen-bond acceptors (Lipinski definition) is 8. The van der Waals surface area contributed by atoms with E-state index in [1.54, 1.807) is 34.7 Å². The van der Waals surface area contributed by atoms with Crippen LogP contribution in [0.2, 0.25) is 0 Å². The van der Waals surface area contributed by atoms with Crippen molar-refractivity contribution < 1.29 is 19.2 Å². The summed E-state index contributed by atoms with van der Waals surface area (Å²) in [6.07, 6.45) is 2.91. The van der Waals surface area contributed by atoms with Crippen molar-refractivity contribution in [2.75, 3.05) is 25.0 Å². The van der Waals surface area contributed by atoms with Gasteiger partial charge in [-0.3, -0.25) is 9.63 Å². The third-order valence-corrected chi connectivity index (χ3v) is 7.95. The molecule has 1 aliphatic heterocycles. The standard InChI is InChI=1S/C30H33N5O4S/c1-20(2)39-30(37)35-15-13-24(14-16-35)34(3)28-27-26(31-19-32-28)25(18-40-27)22-9-11-23(12-10-22)29(36)33-38-17-21-7-5-4-6-8-21/h4-12,18-20,24H,13-17H2,1-3H3,(H,33,36). The number of nitrogens with zero attached hydrogens (tertiary/aromatic N) is 4. The van der Waals surface area contributed by atoms with Crippen molar-refractivity contribution in [1.82, 2.24) is 20.3 Å². The van der Waals surface area contributed by atoms with Crippen molar-refractivity contribution in [3.8, 4) is 11.1 Å². The smallest absolute Gasteiger partial charge is 0.410 e. The predicted molar refractivity (Wildman–Crippen MR) is 156 cm³/mol. The Morgan fingerprint density at radius 3 is 2.50 bits per heavy atom. The number of carbonyl (C=O) groups is 2. The van der Waals surface area contributed by atoms with E-state index < -0.39 is 0 Å². The highest BCUT2D eigenvalue weighted by atomic mass is 32.1. The average Bonchev–Trinajstić information content (AvgIpc) is 3.41. The molecule has 40 heavy (non-hydrogen) atoms.